The molecule has 168 valence electrons. The van der Waals surface area contributed by atoms with E-state index in [0.29, 0.717) is 10.0 Å². The number of alkyl halides is 3. The van der Waals surface area contributed by atoms with Crippen molar-refractivity contribution in [2.75, 3.05) is 14.2 Å². The summed E-state index contributed by atoms with van der Waals surface area (Å²) in [6.07, 6.45) is -2.94. The molecule has 0 aliphatic heterocycles. The number of rotatable bonds is 7. The van der Waals surface area contributed by atoms with Crippen LogP contribution in [0.3, 0.4) is 0 Å². The van der Waals surface area contributed by atoms with E-state index in [2.05, 4.69) is 0 Å². The number of carbonyl (C=O) groups excluding carboxylic acids is 1. The predicted octanol–water partition coefficient (Wildman–Crippen LogP) is 4.25. The molecule has 2 aromatic rings. The van der Waals surface area contributed by atoms with Gasteiger partial charge in [-0.1, -0.05) is 16.6 Å². The molecule has 1 aliphatic rings. The van der Waals surface area contributed by atoms with Crippen LogP contribution in [0.5, 0.6) is 0 Å². The second-order valence-corrected chi connectivity index (χ2v) is 9.30. The number of halogens is 3. The summed E-state index contributed by atoms with van der Waals surface area (Å²) in [5, 5.41) is 0. The molecule has 3 rings (SSSR count). The lowest BCUT2D eigenvalue weighted by molar-refractivity contribution is -0.137. The van der Waals surface area contributed by atoms with Crippen LogP contribution in [0.2, 0.25) is 0 Å². The fraction of sp³-hybridized carbons (Fsp3) is 0.381. The molecule has 0 spiro atoms. The Morgan fingerprint density at radius 2 is 1.74 bits per heavy atom. The minimum Gasteiger partial charge on any atom is -0.329 e. The van der Waals surface area contributed by atoms with Crippen LogP contribution in [0, 0.1) is 0 Å². The average molecular weight is 456 g/mol. The molecule has 0 N–H and O–H groups in total. The van der Waals surface area contributed by atoms with Crippen molar-refractivity contribution < 1.29 is 31.2 Å². The van der Waals surface area contributed by atoms with Crippen LogP contribution >= 0.6 is 0 Å². The highest BCUT2D eigenvalue weighted by atomic mass is 32.2. The van der Waals surface area contributed by atoms with Crippen molar-refractivity contribution in [1.82, 2.24) is 9.37 Å². The van der Waals surface area contributed by atoms with Gasteiger partial charge in [0.1, 0.15) is 0 Å². The number of hydrogen-bond donors (Lipinski definition) is 0. The highest BCUT2D eigenvalue weighted by Crippen LogP contribution is 2.37. The molecule has 1 fully saturated rings. The monoisotopic (exact) mass is 456 g/mol. The molecule has 1 aliphatic carbocycles. The molecule has 0 heterocycles. The summed E-state index contributed by atoms with van der Waals surface area (Å²) < 4.78 is 64.6. The molecule has 0 radical (unpaired) electrons. The lowest BCUT2D eigenvalue weighted by Crippen LogP contribution is -2.35. The summed E-state index contributed by atoms with van der Waals surface area (Å²) in [6, 6.07) is 9.70. The zero-order valence-electron chi connectivity index (χ0n) is 17.3. The summed E-state index contributed by atoms with van der Waals surface area (Å²) in [7, 11) is -1.38. The molecular formula is C21H23F3N2O4S. The largest absolute Gasteiger partial charge is 0.416 e. The van der Waals surface area contributed by atoms with Gasteiger partial charge >= 0.3 is 6.18 Å². The zero-order valence-corrected chi connectivity index (χ0v) is 18.1. The second-order valence-electron chi connectivity index (χ2n) is 7.36. The maximum absolute atomic E-state index is 13.2. The summed E-state index contributed by atoms with van der Waals surface area (Å²) in [6.45, 7) is 1.69. The Morgan fingerprint density at radius 1 is 1.13 bits per heavy atom. The standard InChI is InChI=1S/C21H23F3N2O4S/c1-14(16-5-4-6-17(13-16)21(22,23)24)26(18-9-10-18)20(27)15-7-11-19(12-8-15)31(28,29)25(2)30-3/h4-8,11-14,18H,9-10H2,1-3H3. The third kappa shape index (κ3) is 4.91. The zero-order chi connectivity index (χ0) is 23.0. The van der Waals surface area contributed by atoms with Gasteiger partial charge in [0.2, 0.25) is 0 Å². The lowest BCUT2D eigenvalue weighted by Gasteiger charge is -2.30. The van der Waals surface area contributed by atoms with Gasteiger partial charge in [-0.2, -0.15) is 13.2 Å². The van der Waals surface area contributed by atoms with E-state index in [-0.39, 0.29) is 22.4 Å². The van der Waals surface area contributed by atoms with Crippen molar-refractivity contribution in [3.63, 3.8) is 0 Å². The number of benzene rings is 2. The van der Waals surface area contributed by atoms with Gasteiger partial charge in [0.05, 0.1) is 23.6 Å². The Bertz CT molecular complexity index is 1050. The first-order chi connectivity index (χ1) is 14.5. The molecular weight excluding hydrogens is 433 g/mol. The Hall–Kier alpha value is -2.43. The maximum Gasteiger partial charge on any atom is 0.416 e. The van der Waals surface area contributed by atoms with Crippen LogP contribution in [0.25, 0.3) is 0 Å². The van der Waals surface area contributed by atoms with Crippen molar-refractivity contribution in [3.8, 4) is 0 Å². The van der Waals surface area contributed by atoms with E-state index in [1.165, 1.54) is 44.5 Å². The number of nitrogens with zero attached hydrogens (tertiary/aromatic N) is 2. The maximum atomic E-state index is 13.2. The Balaban J connectivity index is 1.88. The van der Waals surface area contributed by atoms with E-state index in [0.717, 1.165) is 25.0 Å². The molecule has 2 aromatic carbocycles. The van der Waals surface area contributed by atoms with Crippen LogP contribution in [-0.2, 0) is 21.0 Å². The normalized spacial score (nSPS) is 15.7. The third-order valence-corrected chi connectivity index (χ3v) is 6.98. The Kier molecular flexibility index (Phi) is 6.45. The van der Waals surface area contributed by atoms with Gasteiger partial charge in [-0.25, -0.2) is 8.42 Å². The van der Waals surface area contributed by atoms with Crippen LogP contribution in [0.1, 0.15) is 47.3 Å². The van der Waals surface area contributed by atoms with Crippen LogP contribution < -0.4 is 0 Å². The van der Waals surface area contributed by atoms with Gasteiger partial charge in [0.25, 0.3) is 15.9 Å². The minimum atomic E-state index is -4.47. The van der Waals surface area contributed by atoms with Crippen LogP contribution in [0.15, 0.2) is 53.4 Å². The number of carbonyl (C=O) groups is 1. The molecule has 0 saturated heterocycles. The fourth-order valence-corrected chi connectivity index (χ4v) is 4.28. The molecule has 0 aromatic heterocycles. The van der Waals surface area contributed by atoms with Crippen molar-refractivity contribution in [3.05, 3.63) is 65.2 Å². The van der Waals surface area contributed by atoms with Gasteiger partial charge in [-0.05, 0) is 61.7 Å². The lowest BCUT2D eigenvalue weighted by atomic mass is 10.0. The van der Waals surface area contributed by atoms with Crippen molar-refractivity contribution >= 4 is 15.9 Å². The van der Waals surface area contributed by atoms with Gasteiger partial charge in [-0.3, -0.25) is 9.63 Å². The topological polar surface area (TPSA) is 66.9 Å². The Labute approximate surface area is 179 Å². The molecule has 1 amide bonds. The molecule has 0 bridgehead atoms. The summed E-state index contributed by atoms with van der Waals surface area (Å²) in [4.78, 5) is 19.4. The molecule has 1 saturated carbocycles. The average Bonchev–Trinajstić information content (AvgIpc) is 3.57. The first-order valence-corrected chi connectivity index (χ1v) is 11.0. The van der Waals surface area contributed by atoms with E-state index >= 15 is 0 Å². The molecule has 10 heteroatoms. The summed E-state index contributed by atoms with van der Waals surface area (Å²) in [5.74, 6) is -0.364. The van der Waals surface area contributed by atoms with Crippen LogP contribution in [0.4, 0.5) is 13.2 Å². The number of amides is 1. The van der Waals surface area contributed by atoms with Gasteiger partial charge in [0, 0.05) is 18.7 Å². The first kappa shape index (κ1) is 23.2. The van der Waals surface area contributed by atoms with Gasteiger partial charge in [0.15, 0.2) is 0 Å². The molecule has 1 atom stereocenters. The number of hydrogen-bond acceptors (Lipinski definition) is 4. The molecule has 1 unspecified atom stereocenters. The Morgan fingerprint density at radius 3 is 2.26 bits per heavy atom. The third-order valence-electron chi connectivity index (χ3n) is 5.28. The van der Waals surface area contributed by atoms with Crippen molar-refractivity contribution in [2.24, 2.45) is 0 Å². The molecule has 6 nitrogen and oxygen atoms in total. The summed E-state index contributed by atoms with van der Waals surface area (Å²) in [5.41, 5.74) is -0.127. The quantitative estimate of drug-likeness (QED) is 0.584. The van der Waals surface area contributed by atoms with E-state index in [1.54, 1.807) is 17.9 Å². The van der Waals surface area contributed by atoms with Crippen molar-refractivity contribution in [2.45, 2.75) is 42.9 Å². The van der Waals surface area contributed by atoms with E-state index in [9.17, 15) is 26.4 Å². The van der Waals surface area contributed by atoms with Gasteiger partial charge in [-0.15, -0.1) is 0 Å². The van der Waals surface area contributed by atoms with E-state index < -0.39 is 27.8 Å². The highest BCUT2D eigenvalue weighted by Gasteiger charge is 2.38. The predicted molar refractivity (Wildman–Crippen MR) is 107 cm³/mol. The van der Waals surface area contributed by atoms with Crippen LogP contribution in [-0.4, -0.2) is 43.9 Å². The van der Waals surface area contributed by atoms with Gasteiger partial charge < -0.3 is 4.90 Å². The first-order valence-electron chi connectivity index (χ1n) is 9.59. The SMILES string of the molecule is CON(C)S(=O)(=O)c1ccc(C(=O)N(C2CC2)C(C)c2cccc(C(F)(F)F)c2)cc1. The molecule has 31 heavy (non-hydrogen) atoms. The second kappa shape index (κ2) is 8.60. The summed E-state index contributed by atoms with van der Waals surface area (Å²) >= 11 is 0. The highest BCUT2D eigenvalue weighted by molar-refractivity contribution is 7.89. The minimum absolute atomic E-state index is 0.0442. The fourth-order valence-electron chi connectivity index (χ4n) is 3.31. The van der Waals surface area contributed by atoms with E-state index in [1.807, 2.05) is 0 Å². The number of hydroxylamine groups is 1. The van der Waals surface area contributed by atoms with E-state index in [4.69, 9.17) is 4.84 Å². The smallest absolute Gasteiger partial charge is 0.329 e. The number of sulfonamides is 1. The van der Waals surface area contributed by atoms with Crippen molar-refractivity contribution in [1.29, 1.82) is 0 Å².